The van der Waals surface area contributed by atoms with Crippen LogP contribution in [0.5, 0.6) is 0 Å². The van der Waals surface area contributed by atoms with Gasteiger partial charge in [-0.05, 0) is 99.9 Å². The minimum atomic E-state index is 0.818. The molecule has 0 spiro atoms. The SMILES string of the molecule is C#C/C=C\C(=C/C)C1=NC(c2nc(-c3cccc(-c4ccc5ccc(C)c(N=C(CC)C6=CC=C(C)CC6)c5n4)c3)ccc2C=C)=CCC1. The van der Waals surface area contributed by atoms with E-state index in [1.807, 2.05) is 31.2 Å². The highest BCUT2D eigenvalue weighted by atomic mass is 14.8. The zero-order chi connectivity index (χ0) is 34.3. The maximum absolute atomic E-state index is 5.48. The Kier molecular flexibility index (Phi) is 10.2. The number of aromatic nitrogens is 2. The number of nitrogens with zero attached hydrogens (tertiary/aromatic N) is 4. The van der Waals surface area contributed by atoms with E-state index in [-0.39, 0.29) is 0 Å². The number of pyridine rings is 2. The van der Waals surface area contributed by atoms with Gasteiger partial charge in [0.1, 0.15) is 0 Å². The van der Waals surface area contributed by atoms with Crippen LogP contribution in [0.1, 0.15) is 69.7 Å². The van der Waals surface area contributed by atoms with Crippen molar-refractivity contribution in [1.82, 2.24) is 9.97 Å². The smallest absolute Gasteiger partial charge is 0.0968 e. The predicted octanol–water partition coefficient (Wildman–Crippen LogP) is 11.8. The lowest BCUT2D eigenvalue weighted by atomic mass is 9.94. The second kappa shape index (κ2) is 15.0. The van der Waals surface area contributed by atoms with E-state index < -0.39 is 0 Å². The Balaban J connectivity index is 1.38. The van der Waals surface area contributed by atoms with Crippen LogP contribution in [-0.2, 0) is 0 Å². The molecule has 2 aromatic carbocycles. The number of fused-ring (bicyclic) bond motifs is 1. The van der Waals surface area contributed by atoms with Gasteiger partial charge in [0, 0.05) is 33.5 Å². The maximum atomic E-state index is 5.48. The lowest BCUT2D eigenvalue weighted by Crippen LogP contribution is -2.07. The third-order valence-corrected chi connectivity index (χ3v) is 9.17. The second-order valence-electron chi connectivity index (χ2n) is 12.5. The highest BCUT2D eigenvalue weighted by Crippen LogP contribution is 2.34. The summed E-state index contributed by atoms with van der Waals surface area (Å²) < 4.78 is 0. The molecule has 3 heterocycles. The molecule has 2 aliphatic rings. The summed E-state index contributed by atoms with van der Waals surface area (Å²) in [4.78, 5) is 20.7. The molecule has 0 fully saturated rings. The molecule has 242 valence electrons. The van der Waals surface area contributed by atoms with Gasteiger partial charge in [0.25, 0.3) is 0 Å². The first kappa shape index (κ1) is 33.2. The largest absolute Gasteiger partial charge is 0.251 e. The third kappa shape index (κ3) is 7.27. The average molecular weight is 639 g/mol. The van der Waals surface area contributed by atoms with Gasteiger partial charge in [0.05, 0.1) is 34.0 Å². The van der Waals surface area contributed by atoms with Gasteiger partial charge in [-0.25, -0.2) is 9.97 Å². The van der Waals surface area contributed by atoms with Crippen molar-refractivity contribution in [3.05, 3.63) is 137 Å². The molecule has 4 aromatic rings. The third-order valence-electron chi connectivity index (χ3n) is 9.17. The number of hydrogen-bond donors (Lipinski definition) is 0. The van der Waals surface area contributed by atoms with Crippen LogP contribution in [0.2, 0.25) is 0 Å². The highest BCUT2D eigenvalue weighted by Gasteiger charge is 2.17. The van der Waals surface area contributed by atoms with Crippen LogP contribution in [0.15, 0.2) is 130 Å². The average Bonchev–Trinajstić information content (AvgIpc) is 3.15. The standard InChI is InChI=1S/C45H42N4/c1-7-11-14-32(8-2)39-17-13-18-42(46-39)44-33(9-3)25-27-40(48-44)36-15-12-16-37(29-36)41-28-26-35-24-21-31(6)43(45(35)49-41)47-38(10-4)34-22-19-30(5)20-23-34/h1,8-9,11-12,14-16,18-19,21-22,24-29H,3,10,13,17,20,23H2,2,4-6H3/b14-11-,32-8+,47-38?. The number of aliphatic imine (C=N–C) groups is 2. The molecule has 0 atom stereocenters. The van der Waals surface area contributed by atoms with Gasteiger partial charge in [-0.15, -0.1) is 6.42 Å². The predicted molar refractivity (Wildman–Crippen MR) is 210 cm³/mol. The van der Waals surface area contributed by atoms with Crippen molar-refractivity contribution in [2.75, 3.05) is 0 Å². The zero-order valence-corrected chi connectivity index (χ0v) is 28.9. The minimum Gasteiger partial charge on any atom is -0.251 e. The molecule has 49 heavy (non-hydrogen) atoms. The fourth-order valence-electron chi connectivity index (χ4n) is 6.36. The summed E-state index contributed by atoms with van der Waals surface area (Å²) in [7, 11) is 0. The lowest BCUT2D eigenvalue weighted by Gasteiger charge is -2.16. The van der Waals surface area contributed by atoms with E-state index in [0.717, 1.165) is 111 Å². The number of allylic oxidation sites excluding steroid dienone is 9. The number of benzene rings is 2. The number of rotatable bonds is 9. The van der Waals surface area contributed by atoms with Gasteiger partial charge >= 0.3 is 0 Å². The second-order valence-corrected chi connectivity index (χ2v) is 12.5. The van der Waals surface area contributed by atoms with E-state index in [4.69, 9.17) is 26.4 Å². The summed E-state index contributed by atoms with van der Waals surface area (Å²) in [6, 6.07) is 21.1. The summed E-state index contributed by atoms with van der Waals surface area (Å²) in [6.45, 7) is 12.6. The van der Waals surface area contributed by atoms with Crippen LogP contribution >= 0.6 is 0 Å². The Morgan fingerprint density at radius 3 is 2.45 bits per heavy atom. The summed E-state index contributed by atoms with van der Waals surface area (Å²) >= 11 is 0. The molecule has 0 saturated heterocycles. The molecule has 4 heteroatoms. The molecule has 1 aliphatic carbocycles. The van der Waals surface area contributed by atoms with Gasteiger partial charge in [-0.1, -0.05) is 97.8 Å². The van der Waals surface area contributed by atoms with Crippen molar-refractivity contribution in [1.29, 1.82) is 0 Å². The van der Waals surface area contributed by atoms with E-state index in [1.54, 1.807) is 6.08 Å². The van der Waals surface area contributed by atoms with E-state index in [1.165, 1.54) is 11.1 Å². The van der Waals surface area contributed by atoms with Gasteiger partial charge in [-0.2, -0.15) is 0 Å². The van der Waals surface area contributed by atoms with Crippen molar-refractivity contribution >= 4 is 39.8 Å². The minimum absolute atomic E-state index is 0.818. The Hall–Kier alpha value is -5.66. The van der Waals surface area contributed by atoms with Crippen LogP contribution in [0.25, 0.3) is 45.2 Å². The Bertz CT molecular complexity index is 2210. The molecule has 0 radical (unpaired) electrons. The van der Waals surface area contributed by atoms with Gasteiger partial charge < -0.3 is 0 Å². The van der Waals surface area contributed by atoms with E-state index in [9.17, 15) is 0 Å². The number of aryl methyl sites for hydroxylation is 1. The first-order chi connectivity index (χ1) is 23.9. The molecule has 4 nitrogen and oxygen atoms in total. The van der Waals surface area contributed by atoms with E-state index >= 15 is 0 Å². The highest BCUT2D eigenvalue weighted by molar-refractivity contribution is 6.06. The molecule has 6 rings (SSSR count). The van der Waals surface area contributed by atoms with Crippen LogP contribution in [0.3, 0.4) is 0 Å². The summed E-state index contributed by atoms with van der Waals surface area (Å²) in [5.41, 5.74) is 15.3. The number of terminal acetylenes is 1. The first-order valence-electron chi connectivity index (χ1n) is 17.1. The Morgan fingerprint density at radius 2 is 1.73 bits per heavy atom. The van der Waals surface area contributed by atoms with E-state index in [2.05, 4.69) is 106 Å². The van der Waals surface area contributed by atoms with Crippen molar-refractivity contribution in [2.45, 2.75) is 59.8 Å². The molecule has 1 aliphatic heterocycles. The Labute approximate surface area is 290 Å². The van der Waals surface area contributed by atoms with Crippen LogP contribution in [-0.4, -0.2) is 21.4 Å². The first-order valence-corrected chi connectivity index (χ1v) is 17.1. The maximum Gasteiger partial charge on any atom is 0.0968 e. The monoisotopic (exact) mass is 638 g/mol. The zero-order valence-electron chi connectivity index (χ0n) is 28.9. The molecule has 0 saturated carbocycles. The molecule has 0 unspecified atom stereocenters. The van der Waals surface area contributed by atoms with Gasteiger partial charge in [-0.3, -0.25) is 9.98 Å². The normalized spacial score (nSPS) is 15.4. The summed E-state index contributed by atoms with van der Waals surface area (Å²) in [5.74, 6) is 2.58. The van der Waals surface area contributed by atoms with E-state index in [0.29, 0.717) is 0 Å². The molecule has 2 aromatic heterocycles. The van der Waals surface area contributed by atoms with Crippen molar-refractivity contribution in [3.63, 3.8) is 0 Å². The van der Waals surface area contributed by atoms with Crippen LogP contribution < -0.4 is 0 Å². The Morgan fingerprint density at radius 1 is 0.959 bits per heavy atom. The van der Waals surface area contributed by atoms with Crippen LogP contribution in [0, 0.1) is 19.3 Å². The fraction of sp³-hybridized carbons (Fsp3) is 0.200. The molecular weight excluding hydrogens is 597 g/mol. The molecular formula is C45H42N4. The van der Waals surface area contributed by atoms with Gasteiger partial charge in [0.2, 0.25) is 0 Å². The molecule has 0 N–H and O–H groups in total. The van der Waals surface area contributed by atoms with Crippen molar-refractivity contribution in [2.24, 2.45) is 9.98 Å². The topological polar surface area (TPSA) is 50.5 Å². The fourth-order valence-corrected chi connectivity index (χ4v) is 6.36. The summed E-state index contributed by atoms with van der Waals surface area (Å²) in [6.07, 6.45) is 24.4. The molecule has 0 amide bonds. The summed E-state index contributed by atoms with van der Waals surface area (Å²) in [5, 5.41) is 1.08. The van der Waals surface area contributed by atoms with Crippen LogP contribution in [0.4, 0.5) is 5.69 Å². The quantitative estimate of drug-likeness (QED) is 0.104. The van der Waals surface area contributed by atoms with Gasteiger partial charge in [0.15, 0.2) is 0 Å². The number of hydrogen-bond acceptors (Lipinski definition) is 4. The van der Waals surface area contributed by atoms with Crippen molar-refractivity contribution in [3.8, 4) is 34.9 Å². The lowest BCUT2D eigenvalue weighted by molar-refractivity contribution is 0.931. The van der Waals surface area contributed by atoms with Crippen molar-refractivity contribution < 1.29 is 0 Å². The molecule has 0 bridgehead atoms.